The first-order chi connectivity index (χ1) is 8.30. The van der Waals surface area contributed by atoms with Crippen molar-refractivity contribution in [2.75, 3.05) is 0 Å². The Labute approximate surface area is 108 Å². The zero-order valence-corrected chi connectivity index (χ0v) is 10.3. The number of hydrogen-bond donors (Lipinski definition) is 2. The molecule has 0 unspecified atom stereocenters. The highest BCUT2D eigenvalue weighted by Crippen LogP contribution is 2.34. The lowest BCUT2D eigenvalue weighted by atomic mass is 10.2. The van der Waals surface area contributed by atoms with Crippen LogP contribution < -0.4 is 10.5 Å². The van der Waals surface area contributed by atoms with Crippen LogP contribution in [-0.2, 0) is 15.8 Å². The predicted molar refractivity (Wildman–Crippen MR) is 62.2 cm³/mol. The molecule has 0 aliphatic rings. The number of halogens is 3. The highest BCUT2D eigenvalue weighted by Gasteiger charge is 2.30. The Balaban J connectivity index is 2.58. The summed E-state index contributed by atoms with van der Waals surface area (Å²) >= 11 is 0. The van der Waals surface area contributed by atoms with E-state index in [0.717, 1.165) is 22.9 Å². The van der Waals surface area contributed by atoms with Crippen LogP contribution in [0.15, 0.2) is 29.2 Å². The van der Waals surface area contributed by atoms with E-state index >= 15 is 0 Å². The Morgan fingerprint density at radius 2 is 1.94 bits per heavy atom. The maximum atomic E-state index is 12.4. The van der Waals surface area contributed by atoms with E-state index in [1.807, 2.05) is 0 Å². The molecule has 9 heteroatoms. The van der Waals surface area contributed by atoms with Crippen molar-refractivity contribution in [2.45, 2.75) is 11.1 Å². The van der Waals surface area contributed by atoms with Crippen molar-refractivity contribution in [1.29, 1.82) is 0 Å². The molecule has 0 fully saturated rings. The quantitative estimate of drug-likeness (QED) is 0.508. The summed E-state index contributed by atoms with van der Waals surface area (Å²) in [6, 6.07) is 4.58. The molecule has 0 aliphatic heterocycles. The SMILES string of the molecule is NC(=O)C(=O)NSSc1cccc(C(F)(F)F)c1. The maximum Gasteiger partial charge on any atom is 0.416 e. The molecule has 1 aromatic rings. The molecule has 3 N–H and O–H groups in total. The van der Waals surface area contributed by atoms with Crippen LogP contribution in [0.3, 0.4) is 0 Å². The molecule has 0 aliphatic carbocycles. The van der Waals surface area contributed by atoms with Crippen LogP contribution >= 0.6 is 21.8 Å². The Morgan fingerprint density at radius 1 is 1.28 bits per heavy atom. The molecule has 0 bridgehead atoms. The van der Waals surface area contributed by atoms with Crippen LogP contribution in [0.25, 0.3) is 0 Å². The van der Waals surface area contributed by atoms with E-state index in [-0.39, 0.29) is 0 Å². The molecule has 98 valence electrons. The van der Waals surface area contributed by atoms with E-state index < -0.39 is 23.6 Å². The number of amides is 2. The van der Waals surface area contributed by atoms with Gasteiger partial charge >= 0.3 is 18.0 Å². The number of benzene rings is 1. The Bertz CT molecular complexity index is 465. The number of alkyl halides is 3. The van der Waals surface area contributed by atoms with Gasteiger partial charge < -0.3 is 5.73 Å². The summed E-state index contributed by atoms with van der Waals surface area (Å²) in [5, 5.41) is 0. The van der Waals surface area contributed by atoms with Crippen molar-refractivity contribution in [1.82, 2.24) is 4.72 Å². The first-order valence-electron chi connectivity index (χ1n) is 4.41. The van der Waals surface area contributed by atoms with Crippen molar-refractivity contribution in [3.05, 3.63) is 29.8 Å². The zero-order valence-electron chi connectivity index (χ0n) is 8.65. The smallest absolute Gasteiger partial charge is 0.361 e. The molecule has 2 amide bonds. The number of nitrogens with two attached hydrogens (primary N) is 1. The number of rotatable bonds is 3. The van der Waals surface area contributed by atoms with Gasteiger partial charge in [0.15, 0.2) is 0 Å². The van der Waals surface area contributed by atoms with Crippen molar-refractivity contribution < 1.29 is 22.8 Å². The van der Waals surface area contributed by atoms with E-state index in [0.29, 0.717) is 15.9 Å². The largest absolute Gasteiger partial charge is 0.416 e. The molecular formula is C9H7F3N2O2S2. The van der Waals surface area contributed by atoms with E-state index in [1.54, 1.807) is 0 Å². The van der Waals surface area contributed by atoms with Gasteiger partial charge in [-0.25, -0.2) is 0 Å². The van der Waals surface area contributed by atoms with E-state index in [9.17, 15) is 22.8 Å². The number of hydrogen-bond acceptors (Lipinski definition) is 4. The number of carbonyl (C=O) groups is 2. The molecule has 4 nitrogen and oxygen atoms in total. The summed E-state index contributed by atoms with van der Waals surface area (Å²) < 4.78 is 39.2. The Kier molecular flexibility index (Phi) is 4.91. The molecule has 1 rings (SSSR count). The average molecular weight is 296 g/mol. The topological polar surface area (TPSA) is 72.2 Å². The first-order valence-corrected chi connectivity index (χ1v) is 6.56. The number of primary amides is 1. The predicted octanol–water partition coefficient (Wildman–Crippen LogP) is 1.96. The third-order valence-corrected chi connectivity index (χ3v) is 3.53. The lowest BCUT2D eigenvalue weighted by Gasteiger charge is -2.07. The van der Waals surface area contributed by atoms with Gasteiger partial charge in [-0.3, -0.25) is 14.3 Å². The third kappa shape index (κ3) is 4.49. The lowest BCUT2D eigenvalue weighted by Crippen LogP contribution is -2.31. The van der Waals surface area contributed by atoms with E-state index in [2.05, 4.69) is 10.5 Å². The minimum Gasteiger partial charge on any atom is -0.361 e. The first kappa shape index (κ1) is 14.7. The Hall–Kier alpha value is -1.35. The van der Waals surface area contributed by atoms with Crippen LogP contribution in [0, 0.1) is 0 Å². The molecule has 0 heterocycles. The van der Waals surface area contributed by atoms with E-state index in [1.165, 1.54) is 12.1 Å². The molecule has 0 saturated heterocycles. The normalized spacial score (nSPS) is 11.1. The summed E-state index contributed by atoms with van der Waals surface area (Å²) in [6.45, 7) is 0. The minimum absolute atomic E-state index is 0.291. The second-order valence-corrected chi connectivity index (χ2v) is 5.00. The number of carbonyl (C=O) groups excluding carboxylic acids is 2. The van der Waals surface area contributed by atoms with E-state index in [4.69, 9.17) is 0 Å². The monoisotopic (exact) mass is 296 g/mol. The highest BCUT2D eigenvalue weighted by molar-refractivity contribution is 8.76. The third-order valence-electron chi connectivity index (χ3n) is 1.66. The van der Waals surface area contributed by atoms with Gasteiger partial charge in [0.05, 0.1) is 5.56 Å². The van der Waals surface area contributed by atoms with Crippen LogP contribution in [0.1, 0.15) is 5.56 Å². The molecule has 1 aromatic carbocycles. The van der Waals surface area contributed by atoms with Gasteiger partial charge in [0.25, 0.3) is 0 Å². The molecule has 0 radical (unpaired) electrons. The van der Waals surface area contributed by atoms with Crippen LogP contribution in [0.4, 0.5) is 13.2 Å². The van der Waals surface area contributed by atoms with Crippen LogP contribution in [0.5, 0.6) is 0 Å². The fraction of sp³-hybridized carbons (Fsp3) is 0.111. The van der Waals surface area contributed by atoms with Crippen molar-refractivity contribution >= 4 is 33.6 Å². The second-order valence-electron chi connectivity index (χ2n) is 2.99. The Morgan fingerprint density at radius 3 is 2.50 bits per heavy atom. The molecular weight excluding hydrogens is 289 g/mol. The van der Waals surface area contributed by atoms with Crippen LogP contribution in [-0.4, -0.2) is 11.8 Å². The summed E-state index contributed by atoms with van der Waals surface area (Å²) in [5.74, 6) is -2.17. The van der Waals surface area contributed by atoms with Crippen molar-refractivity contribution in [3.8, 4) is 0 Å². The van der Waals surface area contributed by atoms with Gasteiger partial charge in [-0.15, -0.1) is 0 Å². The van der Waals surface area contributed by atoms with Crippen LogP contribution in [0.2, 0.25) is 0 Å². The van der Waals surface area contributed by atoms with Gasteiger partial charge in [-0.1, -0.05) is 6.07 Å². The molecule has 0 aromatic heterocycles. The van der Waals surface area contributed by atoms with Crippen molar-refractivity contribution in [2.24, 2.45) is 5.73 Å². The van der Waals surface area contributed by atoms with Gasteiger partial charge in [-0.2, -0.15) is 13.2 Å². The lowest BCUT2D eigenvalue weighted by molar-refractivity contribution is -0.137. The minimum atomic E-state index is -4.42. The fourth-order valence-corrected chi connectivity index (χ4v) is 2.46. The summed E-state index contributed by atoms with van der Waals surface area (Å²) in [7, 11) is 1.58. The van der Waals surface area contributed by atoms with Gasteiger partial charge in [0.2, 0.25) is 0 Å². The molecule has 0 atom stereocenters. The van der Waals surface area contributed by atoms with Crippen molar-refractivity contribution in [3.63, 3.8) is 0 Å². The highest BCUT2D eigenvalue weighted by atomic mass is 33.1. The van der Waals surface area contributed by atoms with Gasteiger partial charge in [0, 0.05) is 15.9 Å². The van der Waals surface area contributed by atoms with Gasteiger partial charge in [-0.05, 0) is 29.0 Å². The zero-order chi connectivity index (χ0) is 13.8. The molecule has 0 spiro atoms. The maximum absolute atomic E-state index is 12.4. The average Bonchev–Trinajstić information content (AvgIpc) is 2.28. The summed E-state index contributed by atoms with van der Waals surface area (Å²) in [5.41, 5.74) is 3.89. The summed E-state index contributed by atoms with van der Waals surface area (Å²) in [4.78, 5) is 21.4. The second kappa shape index (κ2) is 6.01. The molecule has 18 heavy (non-hydrogen) atoms. The molecule has 0 saturated carbocycles. The summed E-state index contributed by atoms with van der Waals surface area (Å²) in [6.07, 6.45) is -4.42. The number of nitrogens with one attached hydrogen (secondary N) is 1. The standard InChI is InChI=1S/C9H7F3N2O2S2/c10-9(11,12)5-2-1-3-6(4-5)17-18-14-8(16)7(13)15/h1-4H,(H2,13,15)(H,14,16). The van der Waals surface area contributed by atoms with Gasteiger partial charge in [0.1, 0.15) is 0 Å². The fourth-order valence-electron chi connectivity index (χ4n) is 0.881.